The third-order valence-corrected chi connectivity index (χ3v) is 3.16. The van der Waals surface area contributed by atoms with Gasteiger partial charge in [0.05, 0.1) is 6.61 Å². The molecule has 1 unspecified atom stereocenters. The average molecular weight is 399 g/mol. The Bertz CT molecular complexity index is 641. The number of ether oxygens (including phenoxy) is 3. The lowest BCUT2D eigenvalue weighted by atomic mass is 10.2. The summed E-state index contributed by atoms with van der Waals surface area (Å²) < 4.78 is 108. The zero-order valence-corrected chi connectivity index (χ0v) is 13.5. The molecule has 0 amide bonds. The first-order valence-electron chi connectivity index (χ1n) is 6.12. The highest BCUT2D eigenvalue weighted by molar-refractivity contribution is 7.86. The second kappa shape index (κ2) is 7.61. The van der Waals surface area contributed by atoms with E-state index in [0.717, 1.165) is 13.8 Å². The molecule has 0 saturated carbocycles. The number of hydrogen-bond donors (Lipinski definition) is 0. The van der Waals surface area contributed by atoms with Crippen molar-refractivity contribution in [2.24, 2.45) is 0 Å². The van der Waals surface area contributed by atoms with E-state index in [-0.39, 0.29) is 0 Å². The molecule has 8 nitrogen and oxygen atoms in total. The Labute approximate surface area is 138 Å². The van der Waals surface area contributed by atoms with E-state index in [1.165, 1.54) is 0 Å². The van der Waals surface area contributed by atoms with Gasteiger partial charge in [0, 0.05) is 5.57 Å². The molecule has 0 aromatic carbocycles. The number of carbonyl (C=O) groups is 2. The largest absolute Gasteiger partial charge is 0.743 e. The molecule has 1 atom stereocenters. The zero-order chi connectivity index (χ0) is 20.3. The van der Waals surface area contributed by atoms with Gasteiger partial charge < -0.3 is 18.8 Å². The fourth-order valence-electron chi connectivity index (χ4n) is 1.09. The van der Waals surface area contributed by atoms with Gasteiger partial charge in [0.25, 0.3) is 0 Å². The van der Waals surface area contributed by atoms with Gasteiger partial charge in [-0.25, -0.2) is 18.0 Å². The molecule has 0 saturated heterocycles. The Hall–Kier alpha value is -1.80. The monoisotopic (exact) mass is 399 g/mol. The van der Waals surface area contributed by atoms with Crippen LogP contribution >= 0.6 is 0 Å². The predicted molar refractivity (Wildman–Crippen MR) is 66.9 cm³/mol. The van der Waals surface area contributed by atoms with E-state index in [1.807, 2.05) is 0 Å². The number of hydrogen-bond acceptors (Lipinski definition) is 8. The van der Waals surface area contributed by atoms with Gasteiger partial charge >= 0.3 is 29.2 Å². The molecule has 146 valence electrons. The molecule has 0 N–H and O–H groups in total. The van der Waals surface area contributed by atoms with E-state index in [9.17, 15) is 44.5 Å². The van der Waals surface area contributed by atoms with Crippen LogP contribution < -0.4 is 0 Å². The average Bonchev–Trinajstić information content (AvgIpc) is 2.40. The predicted octanol–water partition coefficient (Wildman–Crippen LogP) is 1.08. The van der Waals surface area contributed by atoms with Crippen molar-refractivity contribution >= 4 is 22.1 Å². The molecule has 0 rings (SSSR count). The minimum absolute atomic E-state index is 0.676. The second-order valence-corrected chi connectivity index (χ2v) is 5.89. The van der Waals surface area contributed by atoms with Gasteiger partial charge in [-0.1, -0.05) is 6.58 Å². The molecule has 0 aromatic rings. The van der Waals surface area contributed by atoms with Crippen LogP contribution in [0.2, 0.25) is 0 Å². The van der Waals surface area contributed by atoms with E-state index < -0.39 is 58.1 Å². The van der Waals surface area contributed by atoms with E-state index in [4.69, 9.17) is 0 Å². The van der Waals surface area contributed by atoms with Crippen molar-refractivity contribution < 1.29 is 58.7 Å². The molecule has 0 fully saturated rings. The van der Waals surface area contributed by atoms with Crippen LogP contribution in [0.15, 0.2) is 12.2 Å². The maximum atomic E-state index is 13.2. The van der Waals surface area contributed by atoms with E-state index in [0.29, 0.717) is 0 Å². The SMILES string of the molecule is C=C(C)C(=O)OC(OCC(F)(F)S(=O)(=O)[O-])(C(=O)OCC)C(F)(F)F. The highest BCUT2D eigenvalue weighted by Crippen LogP contribution is 2.38. The normalized spacial score (nSPS) is 15.2. The topological polar surface area (TPSA) is 119 Å². The Balaban J connectivity index is 6.06. The van der Waals surface area contributed by atoms with Crippen molar-refractivity contribution in [2.75, 3.05) is 13.2 Å². The lowest BCUT2D eigenvalue weighted by molar-refractivity contribution is -0.360. The molecule has 0 radical (unpaired) electrons. The lowest BCUT2D eigenvalue weighted by Crippen LogP contribution is -2.59. The standard InChI is InChI=1S/C11H13F5O8S/c1-4-22-8(18)10(11(14,15)16,24-7(17)6(2)3)23-5-9(12,13)25(19,20)21/h2,4-5H2,1,3H3,(H,19,20,21)/p-1. The Kier molecular flexibility index (Phi) is 7.07. The third-order valence-electron chi connectivity index (χ3n) is 2.31. The number of alkyl halides is 5. The van der Waals surface area contributed by atoms with Gasteiger partial charge in [0.2, 0.25) is 0 Å². The van der Waals surface area contributed by atoms with Crippen LogP contribution in [0.4, 0.5) is 22.0 Å². The number of esters is 2. The summed E-state index contributed by atoms with van der Waals surface area (Å²) in [4.78, 5) is 22.9. The molecule has 25 heavy (non-hydrogen) atoms. The highest BCUT2D eigenvalue weighted by Gasteiger charge is 2.68. The fraction of sp³-hybridized carbons (Fsp3) is 0.636. The van der Waals surface area contributed by atoms with Crippen LogP contribution in [0.3, 0.4) is 0 Å². The zero-order valence-electron chi connectivity index (χ0n) is 12.7. The van der Waals surface area contributed by atoms with Crippen LogP contribution in [0.25, 0.3) is 0 Å². The summed E-state index contributed by atoms with van der Waals surface area (Å²) in [5, 5.41) is -5.36. The molecule has 0 aliphatic carbocycles. The third kappa shape index (κ3) is 5.34. The number of rotatable bonds is 8. The summed E-state index contributed by atoms with van der Waals surface area (Å²) >= 11 is 0. The van der Waals surface area contributed by atoms with Crippen molar-refractivity contribution in [3.63, 3.8) is 0 Å². The summed E-state index contributed by atoms with van der Waals surface area (Å²) in [7, 11) is -6.44. The first-order valence-corrected chi connectivity index (χ1v) is 7.52. The summed E-state index contributed by atoms with van der Waals surface area (Å²) in [6.45, 7) is 1.39. The lowest BCUT2D eigenvalue weighted by Gasteiger charge is -2.33. The molecule has 0 aromatic heterocycles. The van der Waals surface area contributed by atoms with Gasteiger partial charge in [-0.15, -0.1) is 0 Å². The Morgan fingerprint density at radius 1 is 1.16 bits per heavy atom. The van der Waals surface area contributed by atoms with E-state index >= 15 is 0 Å². The smallest absolute Gasteiger partial charge is 0.468 e. The van der Waals surface area contributed by atoms with E-state index in [2.05, 4.69) is 20.8 Å². The van der Waals surface area contributed by atoms with Crippen molar-refractivity contribution in [3.05, 3.63) is 12.2 Å². The fourth-order valence-corrected chi connectivity index (χ4v) is 1.29. The summed E-state index contributed by atoms with van der Waals surface area (Å²) in [5.41, 5.74) is -0.676. The maximum Gasteiger partial charge on any atom is 0.468 e. The highest BCUT2D eigenvalue weighted by atomic mass is 32.2. The van der Waals surface area contributed by atoms with Crippen LogP contribution in [-0.2, 0) is 33.9 Å². The first kappa shape index (κ1) is 23.2. The number of carbonyl (C=O) groups excluding carboxylic acids is 2. The van der Waals surface area contributed by atoms with Gasteiger partial charge in [-0.05, 0) is 13.8 Å². The molecule has 0 heterocycles. The molecule has 0 bridgehead atoms. The minimum Gasteiger partial charge on any atom is -0.743 e. The summed E-state index contributed by atoms with van der Waals surface area (Å²) in [6.07, 6.45) is -5.97. The van der Waals surface area contributed by atoms with Gasteiger partial charge in [0.1, 0.15) is 6.61 Å². The summed E-state index contributed by atoms with van der Waals surface area (Å²) in [6, 6.07) is 0. The van der Waals surface area contributed by atoms with Crippen LogP contribution in [-0.4, -0.2) is 55.3 Å². The van der Waals surface area contributed by atoms with Crippen molar-refractivity contribution in [2.45, 2.75) is 31.1 Å². The maximum absolute atomic E-state index is 13.2. The van der Waals surface area contributed by atoms with Gasteiger partial charge in [-0.3, -0.25) is 0 Å². The van der Waals surface area contributed by atoms with Crippen molar-refractivity contribution in [1.29, 1.82) is 0 Å². The number of halogens is 5. The minimum atomic E-state index is -6.44. The molecule has 0 spiro atoms. The van der Waals surface area contributed by atoms with Crippen molar-refractivity contribution in [1.82, 2.24) is 0 Å². The molecular formula is C11H12F5O8S-. The molecular weight excluding hydrogens is 387 g/mol. The Morgan fingerprint density at radius 2 is 1.64 bits per heavy atom. The van der Waals surface area contributed by atoms with Gasteiger partial charge in [0.15, 0.2) is 10.1 Å². The van der Waals surface area contributed by atoms with Crippen LogP contribution in [0.5, 0.6) is 0 Å². The van der Waals surface area contributed by atoms with Crippen molar-refractivity contribution in [3.8, 4) is 0 Å². The first-order chi connectivity index (χ1) is 11.0. The molecule has 14 heteroatoms. The van der Waals surface area contributed by atoms with Crippen LogP contribution in [0.1, 0.15) is 13.8 Å². The Morgan fingerprint density at radius 3 is 1.96 bits per heavy atom. The summed E-state index contributed by atoms with van der Waals surface area (Å²) in [5.74, 6) is -9.07. The van der Waals surface area contributed by atoms with Gasteiger partial charge in [-0.2, -0.15) is 22.0 Å². The van der Waals surface area contributed by atoms with E-state index in [1.54, 1.807) is 0 Å². The van der Waals surface area contributed by atoms with Crippen LogP contribution in [0, 0.1) is 0 Å². The molecule has 0 aliphatic rings. The second-order valence-electron chi connectivity index (χ2n) is 4.38. The molecule has 0 aliphatic heterocycles. The quantitative estimate of drug-likeness (QED) is 0.196.